The number of rotatable bonds is 4. The second-order valence-electron chi connectivity index (χ2n) is 6.56. The van der Waals surface area contributed by atoms with Crippen molar-refractivity contribution in [2.75, 3.05) is 6.61 Å². The molecule has 1 heterocycles. The van der Waals surface area contributed by atoms with E-state index in [1.54, 1.807) is 0 Å². The molecule has 1 aliphatic rings. The Bertz CT molecular complexity index is 327. The van der Waals surface area contributed by atoms with E-state index >= 15 is 0 Å². The fraction of sp³-hybridized carbons (Fsp3) is 0.923. The lowest BCUT2D eigenvalue weighted by molar-refractivity contribution is -0.181. The van der Waals surface area contributed by atoms with Crippen LogP contribution in [0.2, 0.25) is 18.1 Å². The van der Waals surface area contributed by atoms with Crippen LogP contribution in [0.4, 0.5) is 4.39 Å². The predicted molar refractivity (Wildman–Crippen MR) is 73.1 cm³/mol. The maximum atomic E-state index is 13.6. The summed E-state index contributed by atoms with van der Waals surface area (Å²) in [6, 6.07) is 0. The van der Waals surface area contributed by atoms with Gasteiger partial charge in [0.2, 0.25) is 6.29 Å². The first-order valence-corrected chi connectivity index (χ1v) is 9.54. The Morgan fingerprint density at radius 1 is 1.42 bits per heavy atom. The highest BCUT2D eigenvalue weighted by Crippen LogP contribution is 2.37. The van der Waals surface area contributed by atoms with Gasteiger partial charge in [0.05, 0.1) is 12.7 Å². The number of hydrogen-bond donors (Lipinski definition) is 0. The predicted octanol–water partition coefficient (Wildman–Crippen LogP) is 3.02. The van der Waals surface area contributed by atoms with Crippen molar-refractivity contribution in [1.82, 2.24) is 0 Å². The minimum Gasteiger partial charge on any atom is -0.433 e. The summed E-state index contributed by atoms with van der Waals surface area (Å²) in [5.41, 5.74) is 0. The Labute approximate surface area is 115 Å². The van der Waals surface area contributed by atoms with Gasteiger partial charge in [0.15, 0.2) is 14.5 Å². The zero-order valence-corrected chi connectivity index (χ0v) is 13.7. The number of ether oxygens (including phenoxy) is 2. The Balaban J connectivity index is 2.46. The molecule has 0 N–H and O–H groups in total. The molecule has 1 aliphatic heterocycles. The van der Waals surface area contributed by atoms with Gasteiger partial charge in [-0.15, -0.1) is 0 Å². The van der Waals surface area contributed by atoms with Crippen molar-refractivity contribution >= 4 is 14.3 Å². The molecular weight excluding hydrogens is 267 g/mol. The Hall–Kier alpha value is -0.463. The van der Waals surface area contributed by atoms with E-state index < -0.39 is 26.7 Å². The molecule has 3 atom stereocenters. The average Bonchev–Trinajstić information content (AvgIpc) is 2.54. The maximum absolute atomic E-state index is 13.6. The summed E-state index contributed by atoms with van der Waals surface area (Å²) in [6.45, 7) is 12.3. The average molecular weight is 292 g/mol. The van der Waals surface area contributed by atoms with Crippen LogP contribution in [0.15, 0.2) is 0 Å². The van der Waals surface area contributed by atoms with Gasteiger partial charge in [0, 0.05) is 13.3 Å². The first-order chi connectivity index (χ1) is 8.53. The molecule has 1 fully saturated rings. The molecule has 0 bridgehead atoms. The third-order valence-electron chi connectivity index (χ3n) is 3.83. The van der Waals surface area contributed by atoms with Crippen LogP contribution in [0.5, 0.6) is 0 Å². The lowest BCUT2D eigenvalue weighted by atomic mass is 10.2. The smallest absolute Gasteiger partial charge is 0.305 e. The normalized spacial score (nSPS) is 28.5. The summed E-state index contributed by atoms with van der Waals surface area (Å²) in [7, 11) is -1.86. The van der Waals surface area contributed by atoms with Crippen LogP contribution in [0.3, 0.4) is 0 Å². The molecule has 0 spiro atoms. The van der Waals surface area contributed by atoms with Gasteiger partial charge in [-0.05, 0) is 18.1 Å². The van der Waals surface area contributed by atoms with Crippen molar-refractivity contribution in [3.8, 4) is 0 Å². The van der Waals surface area contributed by atoms with Crippen LogP contribution in [-0.2, 0) is 18.7 Å². The minimum absolute atomic E-state index is 0.107. The number of hydrogen-bond acceptors (Lipinski definition) is 4. The second kappa shape index (κ2) is 5.89. The van der Waals surface area contributed by atoms with Crippen LogP contribution in [0.1, 0.15) is 34.1 Å². The lowest BCUT2D eigenvalue weighted by Crippen LogP contribution is -2.42. The molecule has 19 heavy (non-hydrogen) atoms. The lowest BCUT2D eigenvalue weighted by Gasteiger charge is -2.36. The van der Waals surface area contributed by atoms with Gasteiger partial charge in [0.25, 0.3) is 0 Å². The number of alkyl halides is 1. The summed E-state index contributed by atoms with van der Waals surface area (Å²) in [6.07, 6.45) is -2.47. The molecule has 0 aromatic carbocycles. The summed E-state index contributed by atoms with van der Waals surface area (Å²) in [5, 5.41) is 0.107. The van der Waals surface area contributed by atoms with Crippen molar-refractivity contribution in [3.05, 3.63) is 0 Å². The molecule has 4 nitrogen and oxygen atoms in total. The van der Waals surface area contributed by atoms with Crippen molar-refractivity contribution in [2.45, 2.75) is 70.8 Å². The molecule has 0 saturated carbocycles. The molecule has 0 aromatic rings. The molecule has 0 aromatic heterocycles. The number of halogens is 1. The van der Waals surface area contributed by atoms with Crippen molar-refractivity contribution < 1.29 is 23.1 Å². The second-order valence-corrected chi connectivity index (χ2v) is 11.4. The van der Waals surface area contributed by atoms with Gasteiger partial charge in [-0.1, -0.05) is 20.8 Å². The fourth-order valence-electron chi connectivity index (χ4n) is 1.58. The highest BCUT2D eigenvalue weighted by molar-refractivity contribution is 6.74. The minimum atomic E-state index is -1.86. The Kier molecular flexibility index (Phi) is 5.14. The third kappa shape index (κ3) is 4.54. The van der Waals surface area contributed by atoms with Gasteiger partial charge in [-0.3, -0.25) is 4.79 Å². The highest BCUT2D eigenvalue weighted by atomic mass is 28.4. The van der Waals surface area contributed by atoms with E-state index in [0.29, 0.717) is 6.61 Å². The van der Waals surface area contributed by atoms with E-state index in [4.69, 9.17) is 13.9 Å². The molecule has 0 aliphatic carbocycles. The van der Waals surface area contributed by atoms with Crippen LogP contribution >= 0.6 is 0 Å². The fourth-order valence-corrected chi connectivity index (χ4v) is 2.62. The number of esters is 1. The van der Waals surface area contributed by atoms with Crippen molar-refractivity contribution in [2.24, 2.45) is 0 Å². The molecule has 1 unspecified atom stereocenters. The van der Waals surface area contributed by atoms with E-state index in [0.717, 1.165) is 0 Å². The summed E-state index contributed by atoms with van der Waals surface area (Å²) in [5.74, 6) is -0.529. The van der Waals surface area contributed by atoms with Crippen molar-refractivity contribution in [1.29, 1.82) is 0 Å². The third-order valence-corrected chi connectivity index (χ3v) is 8.33. The summed E-state index contributed by atoms with van der Waals surface area (Å²) >= 11 is 0. The standard InChI is InChI=1S/C13H25FO4Si/c1-9(15)17-12-11(14)7-10(18-12)8-16-19(5,6)13(2,3)4/h10-12H,7-8H2,1-6H3/t10-,11-,12?/m0/s1. The highest BCUT2D eigenvalue weighted by Gasteiger charge is 2.41. The molecule has 1 saturated heterocycles. The SMILES string of the molecule is CC(=O)OC1O[C@H](CO[Si](C)(C)C(C)(C)C)C[C@@H]1F. The van der Waals surface area contributed by atoms with Crippen LogP contribution in [0, 0.1) is 0 Å². The van der Waals surface area contributed by atoms with Gasteiger partial charge in [0.1, 0.15) is 0 Å². The maximum Gasteiger partial charge on any atom is 0.305 e. The Morgan fingerprint density at radius 3 is 2.47 bits per heavy atom. The monoisotopic (exact) mass is 292 g/mol. The largest absolute Gasteiger partial charge is 0.433 e. The van der Waals surface area contributed by atoms with Crippen LogP contribution < -0.4 is 0 Å². The Morgan fingerprint density at radius 2 is 2.00 bits per heavy atom. The molecule has 0 radical (unpaired) electrons. The molecule has 112 valence electrons. The van der Waals surface area contributed by atoms with E-state index in [2.05, 4.69) is 33.9 Å². The van der Waals surface area contributed by atoms with Crippen LogP contribution in [-0.4, -0.2) is 39.5 Å². The molecule has 0 amide bonds. The van der Waals surface area contributed by atoms with Gasteiger partial charge in [-0.2, -0.15) is 0 Å². The molecular formula is C13H25FO4Si. The zero-order chi connectivity index (χ0) is 14.8. The van der Waals surface area contributed by atoms with Crippen molar-refractivity contribution in [3.63, 3.8) is 0 Å². The van der Waals surface area contributed by atoms with Gasteiger partial charge < -0.3 is 13.9 Å². The van der Waals surface area contributed by atoms with E-state index in [9.17, 15) is 9.18 Å². The van der Waals surface area contributed by atoms with E-state index in [1.165, 1.54) is 6.92 Å². The van der Waals surface area contributed by atoms with Crippen LogP contribution in [0.25, 0.3) is 0 Å². The van der Waals surface area contributed by atoms with Gasteiger partial charge >= 0.3 is 5.97 Å². The first-order valence-electron chi connectivity index (χ1n) is 6.63. The van der Waals surface area contributed by atoms with E-state index in [-0.39, 0.29) is 17.6 Å². The summed E-state index contributed by atoms with van der Waals surface area (Å²) in [4.78, 5) is 10.8. The van der Waals surface area contributed by atoms with E-state index in [1.807, 2.05) is 0 Å². The number of carbonyl (C=O) groups excluding carboxylic acids is 1. The number of carbonyl (C=O) groups is 1. The molecule has 6 heteroatoms. The topological polar surface area (TPSA) is 44.8 Å². The first kappa shape index (κ1) is 16.6. The van der Waals surface area contributed by atoms with Gasteiger partial charge in [-0.25, -0.2) is 4.39 Å². The summed E-state index contributed by atoms with van der Waals surface area (Å²) < 4.78 is 29.7. The molecule has 1 rings (SSSR count). The zero-order valence-electron chi connectivity index (χ0n) is 12.7. The quantitative estimate of drug-likeness (QED) is 0.590.